The van der Waals surface area contributed by atoms with Gasteiger partial charge >= 0.3 is 0 Å². The van der Waals surface area contributed by atoms with E-state index >= 15 is 0 Å². The van der Waals surface area contributed by atoms with Crippen LogP contribution in [0.2, 0.25) is 5.02 Å². The van der Waals surface area contributed by atoms with Crippen LogP contribution in [0.4, 0.5) is 0 Å². The Bertz CT molecular complexity index is 312. The van der Waals surface area contributed by atoms with Crippen LogP contribution in [0.5, 0.6) is 5.75 Å². The number of aryl methyl sites for hydroxylation is 1. The minimum absolute atomic E-state index is 0.141. The number of rotatable bonds is 2. The largest absolute Gasteiger partial charge is 0.507 e. The summed E-state index contributed by atoms with van der Waals surface area (Å²) in [6, 6.07) is 3.30. The molecule has 0 bridgehead atoms. The molecule has 0 aliphatic carbocycles. The molecule has 0 aliphatic rings. The molecule has 72 valence electrons. The van der Waals surface area contributed by atoms with Gasteiger partial charge in [-0.2, -0.15) is 0 Å². The lowest BCUT2D eigenvalue weighted by Gasteiger charge is -2.13. The van der Waals surface area contributed by atoms with Crippen molar-refractivity contribution in [2.24, 2.45) is 5.73 Å². The molecule has 1 atom stereocenters. The predicted octanol–water partition coefficient (Wildman–Crippen LogP) is 2.76. The molecule has 0 radical (unpaired) electrons. The number of phenolic OH excluding ortho intramolecular Hbond substituents is 1. The minimum atomic E-state index is -0.141. The molecule has 0 unspecified atom stereocenters. The van der Waals surface area contributed by atoms with Crippen LogP contribution in [-0.4, -0.2) is 5.11 Å². The summed E-state index contributed by atoms with van der Waals surface area (Å²) in [5.74, 6) is 0.263. The highest BCUT2D eigenvalue weighted by Gasteiger charge is 2.11. The minimum Gasteiger partial charge on any atom is -0.507 e. The molecule has 0 heterocycles. The zero-order chi connectivity index (χ0) is 10.0. The van der Waals surface area contributed by atoms with Gasteiger partial charge in [-0.25, -0.2) is 0 Å². The smallest absolute Gasteiger partial charge is 0.123 e. The SMILES string of the molecule is CC[C@@H](N)c1cc(Cl)cc(C)c1O. The maximum Gasteiger partial charge on any atom is 0.123 e. The molecule has 1 rings (SSSR count). The van der Waals surface area contributed by atoms with Gasteiger partial charge in [-0.1, -0.05) is 18.5 Å². The number of aromatic hydroxyl groups is 1. The van der Waals surface area contributed by atoms with Crippen LogP contribution in [0.3, 0.4) is 0 Å². The third-order valence-corrected chi connectivity index (χ3v) is 2.35. The molecule has 0 aromatic heterocycles. The lowest BCUT2D eigenvalue weighted by atomic mass is 10.0. The van der Waals surface area contributed by atoms with E-state index in [1.165, 1.54) is 0 Å². The van der Waals surface area contributed by atoms with Crippen molar-refractivity contribution in [2.75, 3.05) is 0 Å². The fourth-order valence-electron chi connectivity index (χ4n) is 1.26. The zero-order valence-electron chi connectivity index (χ0n) is 7.84. The Labute approximate surface area is 83.3 Å². The van der Waals surface area contributed by atoms with E-state index in [9.17, 15) is 5.11 Å². The van der Waals surface area contributed by atoms with Gasteiger partial charge in [-0.3, -0.25) is 0 Å². The Morgan fingerprint density at radius 2 is 2.15 bits per heavy atom. The fourth-order valence-corrected chi connectivity index (χ4v) is 1.55. The average molecular weight is 200 g/mol. The van der Waals surface area contributed by atoms with Gasteiger partial charge in [-0.05, 0) is 31.0 Å². The molecule has 13 heavy (non-hydrogen) atoms. The van der Waals surface area contributed by atoms with Crippen molar-refractivity contribution in [3.05, 3.63) is 28.3 Å². The van der Waals surface area contributed by atoms with Crippen LogP contribution in [0.15, 0.2) is 12.1 Å². The maximum atomic E-state index is 9.68. The van der Waals surface area contributed by atoms with E-state index in [1.54, 1.807) is 12.1 Å². The number of hydrogen-bond donors (Lipinski definition) is 2. The van der Waals surface area contributed by atoms with E-state index in [-0.39, 0.29) is 11.8 Å². The Balaban J connectivity index is 3.20. The second-order valence-corrected chi connectivity index (χ2v) is 3.61. The van der Waals surface area contributed by atoms with Crippen molar-refractivity contribution >= 4 is 11.6 Å². The molecule has 0 amide bonds. The van der Waals surface area contributed by atoms with Crippen LogP contribution in [0, 0.1) is 6.92 Å². The number of benzene rings is 1. The molecule has 1 aromatic rings. The van der Waals surface area contributed by atoms with Crippen LogP contribution in [-0.2, 0) is 0 Å². The highest BCUT2D eigenvalue weighted by Crippen LogP contribution is 2.31. The molecular weight excluding hydrogens is 186 g/mol. The van der Waals surface area contributed by atoms with E-state index < -0.39 is 0 Å². The summed E-state index contributed by atoms with van der Waals surface area (Å²) in [5.41, 5.74) is 7.31. The third-order valence-electron chi connectivity index (χ3n) is 2.13. The van der Waals surface area contributed by atoms with Gasteiger partial charge < -0.3 is 10.8 Å². The molecule has 2 nitrogen and oxygen atoms in total. The number of nitrogens with two attached hydrogens (primary N) is 1. The summed E-state index contributed by atoms with van der Waals surface area (Å²) in [7, 11) is 0. The van der Waals surface area contributed by atoms with Gasteiger partial charge in [0.25, 0.3) is 0 Å². The van der Waals surface area contributed by atoms with Gasteiger partial charge in [0.05, 0.1) is 0 Å². The summed E-state index contributed by atoms with van der Waals surface area (Å²) in [4.78, 5) is 0. The Kier molecular flexibility index (Phi) is 3.17. The Morgan fingerprint density at radius 3 is 2.69 bits per heavy atom. The molecule has 0 spiro atoms. The first-order valence-corrected chi connectivity index (χ1v) is 4.68. The molecule has 3 heteroatoms. The lowest BCUT2D eigenvalue weighted by Crippen LogP contribution is -2.09. The summed E-state index contributed by atoms with van der Waals surface area (Å²) in [6.45, 7) is 3.79. The normalized spacial score (nSPS) is 12.9. The van der Waals surface area contributed by atoms with Crippen molar-refractivity contribution in [1.82, 2.24) is 0 Å². The summed E-state index contributed by atoms with van der Waals surface area (Å²) >= 11 is 5.86. The van der Waals surface area contributed by atoms with Crippen LogP contribution in [0.25, 0.3) is 0 Å². The first-order valence-electron chi connectivity index (χ1n) is 4.30. The van der Waals surface area contributed by atoms with Gasteiger partial charge in [0, 0.05) is 16.6 Å². The van der Waals surface area contributed by atoms with Gasteiger partial charge in [-0.15, -0.1) is 0 Å². The molecule has 3 N–H and O–H groups in total. The molecular formula is C10H14ClNO. The third kappa shape index (κ3) is 2.14. The summed E-state index contributed by atoms with van der Waals surface area (Å²) in [6.07, 6.45) is 0.785. The fraction of sp³-hybridized carbons (Fsp3) is 0.400. The molecule has 0 saturated carbocycles. The van der Waals surface area contributed by atoms with Crippen molar-refractivity contribution < 1.29 is 5.11 Å². The summed E-state index contributed by atoms with van der Waals surface area (Å²) < 4.78 is 0. The van der Waals surface area contributed by atoms with Crippen LogP contribution < -0.4 is 5.73 Å². The van der Waals surface area contributed by atoms with Crippen molar-refractivity contribution in [3.8, 4) is 5.75 Å². The maximum absolute atomic E-state index is 9.68. The first-order chi connectivity index (χ1) is 6.06. The Morgan fingerprint density at radius 1 is 1.54 bits per heavy atom. The number of halogens is 1. The standard InChI is InChI=1S/C10H14ClNO/c1-3-9(12)8-5-7(11)4-6(2)10(8)13/h4-5,9,13H,3,12H2,1-2H3/t9-/m1/s1. The first kappa shape index (κ1) is 10.4. The quantitative estimate of drug-likeness (QED) is 0.770. The molecule has 0 saturated heterocycles. The number of hydrogen-bond acceptors (Lipinski definition) is 2. The van der Waals surface area contributed by atoms with Gasteiger partial charge in [0.2, 0.25) is 0 Å². The van der Waals surface area contributed by atoms with Gasteiger partial charge in [0.1, 0.15) is 5.75 Å². The zero-order valence-corrected chi connectivity index (χ0v) is 8.60. The van der Waals surface area contributed by atoms with Gasteiger partial charge in [0.15, 0.2) is 0 Å². The second kappa shape index (κ2) is 3.99. The average Bonchev–Trinajstić information content (AvgIpc) is 2.10. The van der Waals surface area contributed by atoms with Crippen molar-refractivity contribution in [3.63, 3.8) is 0 Å². The van der Waals surface area contributed by atoms with Crippen molar-refractivity contribution in [1.29, 1.82) is 0 Å². The molecule has 1 aromatic carbocycles. The van der Waals surface area contributed by atoms with Crippen molar-refractivity contribution in [2.45, 2.75) is 26.3 Å². The number of phenols is 1. The van der Waals surface area contributed by atoms with Crippen LogP contribution in [0.1, 0.15) is 30.5 Å². The van der Waals surface area contributed by atoms with E-state index in [2.05, 4.69) is 0 Å². The van der Waals surface area contributed by atoms with E-state index in [0.717, 1.165) is 17.5 Å². The monoisotopic (exact) mass is 199 g/mol. The predicted molar refractivity (Wildman–Crippen MR) is 55.1 cm³/mol. The topological polar surface area (TPSA) is 46.2 Å². The van der Waals surface area contributed by atoms with Crippen LogP contribution >= 0.6 is 11.6 Å². The van der Waals surface area contributed by atoms with E-state index in [0.29, 0.717) is 5.02 Å². The van der Waals surface area contributed by atoms with E-state index in [4.69, 9.17) is 17.3 Å². The summed E-state index contributed by atoms with van der Waals surface area (Å²) in [5, 5.41) is 10.3. The lowest BCUT2D eigenvalue weighted by molar-refractivity contribution is 0.456. The highest BCUT2D eigenvalue weighted by molar-refractivity contribution is 6.30. The molecule has 0 aliphatic heterocycles. The van der Waals surface area contributed by atoms with E-state index in [1.807, 2.05) is 13.8 Å². The second-order valence-electron chi connectivity index (χ2n) is 3.18. The molecule has 0 fully saturated rings. The Hall–Kier alpha value is -0.730. The highest BCUT2D eigenvalue weighted by atomic mass is 35.5.